The van der Waals surface area contributed by atoms with Gasteiger partial charge in [0.05, 0.1) is 12.2 Å². The molecule has 0 spiro atoms. The van der Waals surface area contributed by atoms with Gasteiger partial charge in [-0.1, -0.05) is 62.3 Å². The number of carbonyl (C=O) groups excluding carboxylic acids is 1. The van der Waals surface area contributed by atoms with Crippen molar-refractivity contribution in [1.82, 2.24) is 0 Å². The summed E-state index contributed by atoms with van der Waals surface area (Å²) >= 11 is 0. The molecule has 2 aliphatic carbocycles. The van der Waals surface area contributed by atoms with Crippen molar-refractivity contribution in [3.05, 3.63) is 0 Å². The maximum Gasteiger partial charge on any atom is 0.192 e. The minimum absolute atomic E-state index is 0.0300. The molecule has 0 aromatic rings. The van der Waals surface area contributed by atoms with Crippen molar-refractivity contribution in [2.75, 3.05) is 0 Å². The highest BCUT2D eigenvalue weighted by Crippen LogP contribution is 2.70. The molecule has 2 fully saturated rings. The lowest BCUT2D eigenvalue weighted by atomic mass is 9.62. The fraction of sp³-hybridized carbons (Fsp3) is 0.963. The quantitative estimate of drug-likeness (QED) is 0.356. The van der Waals surface area contributed by atoms with Crippen molar-refractivity contribution in [2.24, 2.45) is 16.7 Å². The van der Waals surface area contributed by atoms with Crippen molar-refractivity contribution in [3.63, 3.8) is 0 Å². The van der Waals surface area contributed by atoms with Crippen LogP contribution in [0.1, 0.15) is 94.9 Å². The van der Waals surface area contributed by atoms with Crippen molar-refractivity contribution in [1.29, 1.82) is 0 Å². The first-order chi connectivity index (χ1) is 14.4. The van der Waals surface area contributed by atoms with Crippen LogP contribution in [-0.2, 0) is 13.6 Å². The highest BCUT2D eigenvalue weighted by molar-refractivity contribution is 6.74. The topological polar surface area (TPSA) is 55.8 Å². The predicted octanol–water partition coefficient (Wildman–Crippen LogP) is 7.32. The number of fused-ring (bicyclic) bond motifs is 2. The van der Waals surface area contributed by atoms with E-state index >= 15 is 0 Å². The Morgan fingerprint density at radius 2 is 1.42 bits per heavy atom. The number of aliphatic hydroxyl groups is 1. The summed E-state index contributed by atoms with van der Waals surface area (Å²) in [4.78, 5) is 13.9. The second-order valence-corrected chi connectivity index (χ2v) is 24.5. The van der Waals surface area contributed by atoms with Crippen molar-refractivity contribution < 1.29 is 18.8 Å². The Labute approximate surface area is 206 Å². The van der Waals surface area contributed by atoms with E-state index in [2.05, 4.69) is 95.4 Å². The first-order valence-electron chi connectivity index (χ1n) is 13.0. The first-order valence-corrected chi connectivity index (χ1v) is 18.9. The molecule has 4 nitrogen and oxygen atoms in total. The standard InChI is InChI=1S/C27H54O4Si2/c1-19(30-32(11,12)23(2,3)4)21(31-33(13,14)24(5,6)7)17-22(28)27(29)18-20-15-16-26(27,10)25(20,8)9/h19-21,29H,15-18H2,1-14H3/t19-,20+,21+,26+,27-/m0/s1. The first kappa shape index (κ1) is 29.2. The van der Waals surface area contributed by atoms with Crippen LogP contribution in [0.15, 0.2) is 0 Å². The van der Waals surface area contributed by atoms with Gasteiger partial charge in [-0.05, 0) is 73.8 Å². The third-order valence-electron chi connectivity index (χ3n) is 10.8. The zero-order valence-corrected chi connectivity index (χ0v) is 26.2. The largest absolute Gasteiger partial charge is 0.412 e. The van der Waals surface area contributed by atoms with Gasteiger partial charge >= 0.3 is 0 Å². The fourth-order valence-electron chi connectivity index (χ4n) is 5.62. The number of carbonyl (C=O) groups is 1. The normalized spacial score (nSPS) is 32.2. The SMILES string of the molecule is C[C@H](O[Si](C)(C)C(C)(C)C)[C@@H](CC(=O)[C@@]1(O)C[C@H]2CC[C@]1(C)C2(C)C)O[Si](C)(C)C(C)(C)C. The Morgan fingerprint density at radius 1 is 0.970 bits per heavy atom. The van der Waals surface area contributed by atoms with Crippen LogP contribution in [0.2, 0.25) is 36.3 Å². The van der Waals surface area contributed by atoms with E-state index in [0.29, 0.717) is 12.3 Å². The van der Waals surface area contributed by atoms with Gasteiger partial charge in [-0.2, -0.15) is 0 Å². The minimum Gasteiger partial charge on any atom is -0.412 e. The van der Waals surface area contributed by atoms with E-state index in [1.807, 2.05) is 0 Å². The van der Waals surface area contributed by atoms with E-state index in [9.17, 15) is 9.90 Å². The summed E-state index contributed by atoms with van der Waals surface area (Å²) in [5.41, 5.74) is -1.69. The molecule has 2 bridgehead atoms. The molecule has 194 valence electrons. The second kappa shape index (κ2) is 8.53. The molecule has 0 aromatic carbocycles. The van der Waals surface area contributed by atoms with Gasteiger partial charge in [0, 0.05) is 11.8 Å². The number of rotatable bonds is 8. The molecular formula is C27H54O4Si2. The van der Waals surface area contributed by atoms with Gasteiger partial charge in [0.2, 0.25) is 0 Å². The Bertz CT molecular complexity index is 746. The summed E-state index contributed by atoms with van der Waals surface area (Å²) < 4.78 is 13.6. The third kappa shape index (κ3) is 4.85. The average molecular weight is 499 g/mol. The molecule has 2 saturated carbocycles. The van der Waals surface area contributed by atoms with Gasteiger partial charge in [0.15, 0.2) is 22.4 Å². The van der Waals surface area contributed by atoms with Crippen LogP contribution in [-0.4, -0.2) is 45.3 Å². The van der Waals surface area contributed by atoms with Gasteiger partial charge < -0.3 is 14.0 Å². The summed E-state index contributed by atoms with van der Waals surface area (Å²) in [6.45, 7) is 31.1. The zero-order valence-electron chi connectivity index (χ0n) is 24.2. The van der Waals surface area contributed by atoms with Gasteiger partial charge in [0.25, 0.3) is 0 Å². The maximum atomic E-state index is 13.9. The molecule has 0 aromatic heterocycles. The molecule has 6 heteroatoms. The highest BCUT2D eigenvalue weighted by Gasteiger charge is 2.70. The summed E-state index contributed by atoms with van der Waals surface area (Å²) in [7, 11) is -4.19. The molecular weight excluding hydrogens is 444 g/mol. The summed E-state index contributed by atoms with van der Waals surface area (Å²) in [6, 6.07) is 0. The van der Waals surface area contributed by atoms with Crippen LogP contribution in [0.3, 0.4) is 0 Å². The average Bonchev–Trinajstić information content (AvgIpc) is 2.90. The third-order valence-corrected chi connectivity index (χ3v) is 19.9. The molecule has 0 saturated heterocycles. The lowest BCUT2D eigenvalue weighted by Gasteiger charge is -2.47. The van der Waals surface area contributed by atoms with Crippen LogP contribution >= 0.6 is 0 Å². The van der Waals surface area contributed by atoms with Gasteiger partial charge in [-0.15, -0.1) is 0 Å². The number of hydrogen-bond donors (Lipinski definition) is 1. The van der Waals surface area contributed by atoms with E-state index in [1.54, 1.807) is 0 Å². The monoisotopic (exact) mass is 498 g/mol. The molecule has 0 heterocycles. The van der Waals surface area contributed by atoms with Crippen molar-refractivity contribution in [3.8, 4) is 0 Å². The van der Waals surface area contributed by atoms with Crippen molar-refractivity contribution in [2.45, 2.75) is 149 Å². The Balaban J connectivity index is 2.36. The summed E-state index contributed by atoms with van der Waals surface area (Å²) in [5.74, 6) is 0.353. The smallest absolute Gasteiger partial charge is 0.192 e. The Hall–Kier alpha value is -0.0162. The molecule has 0 unspecified atom stereocenters. The van der Waals surface area contributed by atoms with E-state index in [1.165, 1.54) is 0 Å². The number of hydrogen-bond acceptors (Lipinski definition) is 4. The zero-order chi connectivity index (χ0) is 26.1. The molecule has 0 aliphatic heterocycles. The predicted molar refractivity (Wildman–Crippen MR) is 144 cm³/mol. The van der Waals surface area contributed by atoms with Crippen LogP contribution < -0.4 is 0 Å². The second-order valence-electron chi connectivity index (χ2n) is 15.0. The minimum atomic E-state index is -2.14. The molecule has 2 aliphatic rings. The summed E-state index contributed by atoms with van der Waals surface area (Å²) in [6.07, 6.45) is 2.27. The fourth-order valence-corrected chi connectivity index (χ4v) is 8.44. The summed E-state index contributed by atoms with van der Waals surface area (Å²) in [5, 5.41) is 12.0. The molecule has 1 N–H and O–H groups in total. The van der Waals surface area contributed by atoms with Crippen LogP contribution in [0.25, 0.3) is 0 Å². The lowest BCUT2D eigenvalue weighted by molar-refractivity contribution is -0.158. The maximum absolute atomic E-state index is 13.9. The van der Waals surface area contributed by atoms with Gasteiger partial charge in [-0.3, -0.25) is 4.79 Å². The van der Waals surface area contributed by atoms with Crippen LogP contribution in [0, 0.1) is 16.7 Å². The van der Waals surface area contributed by atoms with Crippen molar-refractivity contribution >= 4 is 22.4 Å². The molecule has 0 radical (unpaired) electrons. The molecule has 2 rings (SSSR count). The molecule has 33 heavy (non-hydrogen) atoms. The van der Waals surface area contributed by atoms with E-state index in [0.717, 1.165) is 12.8 Å². The van der Waals surface area contributed by atoms with Gasteiger partial charge in [-0.25, -0.2) is 0 Å². The molecule has 0 amide bonds. The van der Waals surface area contributed by atoms with E-state index in [4.69, 9.17) is 8.85 Å². The van der Waals surface area contributed by atoms with E-state index in [-0.39, 0.29) is 45.3 Å². The molecule has 5 atom stereocenters. The Morgan fingerprint density at radius 3 is 1.79 bits per heavy atom. The van der Waals surface area contributed by atoms with Crippen LogP contribution in [0.5, 0.6) is 0 Å². The van der Waals surface area contributed by atoms with Crippen LogP contribution in [0.4, 0.5) is 0 Å². The number of Topliss-reactive ketones (excluding diaryl/α,β-unsaturated/α-hetero) is 1. The Kier molecular flexibility index (Phi) is 7.55. The van der Waals surface area contributed by atoms with E-state index < -0.39 is 22.2 Å². The van der Waals surface area contributed by atoms with Gasteiger partial charge in [0.1, 0.15) is 5.60 Å². The lowest BCUT2D eigenvalue weighted by Crippen LogP contribution is -2.56. The number of ketones is 1. The highest BCUT2D eigenvalue weighted by atomic mass is 28.4.